The normalized spacial score (nSPS) is 13.9. The molecule has 2 rings (SSSR count). The fourth-order valence-corrected chi connectivity index (χ4v) is 1.60. The molecule has 9 nitrogen and oxygen atoms in total. The maximum Gasteiger partial charge on any atom is 0.332 e. The fourth-order valence-electron chi connectivity index (χ4n) is 1.60. The number of hydrogen-bond acceptors (Lipinski definition) is 7. The molecular formula is C10H14N6O3. The number of nitrogen functional groups attached to an aromatic ring is 1. The molecule has 0 aliphatic heterocycles. The third-order valence-electron chi connectivity index (χ3n) is 2.62. The number of aromatic nitrogens is 2. The van der Waals surface area contributed by atoms with Crippen LogP contribution in [0.5, 0.6) is 0 Å². The van der Waals surface area contributed by atoms with Crippen LogP contribution in [0.15, 0.2) is 0 Å². The van der Waals surface area contributed by atoms with Crippen molar-refractivity contribution in [3.8, 4) is 0 Å². The number of amides is 1. The number of hydrogen-bond donors (Lipinski definition) is 3. The van der Waals surface area contributed by atoms with E-state index in [0.717, 1.165) is 12.8 Å². The number of carbonyl (C=O) groups excluding carboxylic acids is 1. The number of nitrogens with two attached hydrogens (primary N) is 1. The lowest BCUT2D eigenvalue weighted by Crippen LogP contribution is -2.31. The molecule has 1 aliphatic carbocycles. The molecule has 1 saturated carbocycles. The van der Waals surface area contributed by atoms with Crippen LogP contribution in [0.3, 0.4) is 0 Å². The van der Waals surface area contributed by atoms with Crippen LogP contribution >= 0.6 is 0 Å². The van der Waals surface area contributed by atoms with Crippen molar-refractivity contribution in [1.82, 2.24) is 15.3 Å². The molecule has 1 aromatic rings. The van der Waals surface area contributed by atoms with Crippen molar-refractivity contribution in [2.75, 3.05) is 17.6 Å². The summed E-state index contributed by atoms with van der Waals surface area (Å²) in [6, 6.07) is 0.237. The Kier molecular flexibility index (Phi) is 3.45. The van der Waals surface area contributed by atoms with E-state index in [-0.39, 0.29) is 41.6 Å². The molecule has 0 aromatic carbocycles. The Morgan fingerprint density at radius 2 is 2.21 bits per heavy atom. The van der Waals surface area contributed by atoms with Gasteiger partial charge in [-0.15, -0.1) is 0 Å². The van der Waals surface area contributed by atoms with E-state index in [0.29, 0.717) is 0 Å². The van der Waals surface area contributed by atoms with Crippen molar-refractivity contribution in [3.05, 3.63) is 15.8 Å². The molecule has 0 saturated heterocycles. The van der Waals surface area contributed by atoms with Crippen LogP contribution in [-0.2, 0) is 4.79 Å². The lowest BCUT2D eigenvalue weighted by Gasteiger charge is -2.08. The summed E-state index contributed by atoms with van der Waals surface area (Å²) in [5.41, 5.74) is 5.33. The Morgan fingerprint density at radius 1 is 1.53 bits per heavy atom. The molecule has 0 atom stereocenters. The summed E-state index contributed by atoms with van der Waals surface area (Å²) in [7, 11) is 0. The highest BCUT2D eigenvalue weighted by molar-refractivity contribution is 5.81. The van der Waals surface area contributed by atoms with E-state index < -0.39 is 4.92 Å². The molecule has 102 valence electrons. The monoisotopic (exact) mass is 266 g/mol. The second-order valence-electron chi connectivity index (χ2n) is 4.32. The largest absolute Gasteiger partial charge is 0.368 e. The first kappa shape index (κ1) is 13.0. The molecule has 1 amide bonds. The number of aryl methyl sites for hydroxylation is 1. The lowest BCUT2D eigenvalue weighted by atomic mass is 10.3. The molecule has 0 bridgehead atoms. The van der Waals surface area contributed by atoms with Gasteiger partial charge in [0.2, 0.25) is 17.7 Å². The summed E-state index contributed by atoms with van der Waals surface area (Å²) < 4.78 is 0. The maximum atomic E-state index is 11.5. The van der Waals surface area contributed by atoms with Gasteiger partial charge < -0.3 is 16.4 Å². The van der Waals surface area contributed by atoms with Gasteiger partial charge in [0, 0.05) is 6.04 Å². The van der Waals surface area contributed by atoms with Gasteiger partial charge in [-0.3, -0.25) is 14.9 Å². The summed E-state index contributed by atoms with van der Waals surface area (Å²) in [4.78, 5) is 29.3. The van der Waals surface area contributed by atoms with E-state index in [1.807, 2.05) is 0 Å². The number of carbonyl (C=O) groups is 1. The summed E-state index contributed by atoms with van der Waals surface area (Å²) in [5.74, 6) is -0.346. The zero-order valence-electron chi connectivity index (χ0n) is 10.3. The predicted molar refractivity (Wildman–Crippen MR) is 67.5 cm³/mol. The minimum Gasteiger partial charge on any atom is -0.368 e. The number of rotatable bonds is 5. The third kappa shape index (κ3) is 3.27. The van der Waals surface area contributed by atoms with Gasteiger partial charge in [-0.25, -0.2) is 4.98 Å². The van der Waals surface area contributed by atoms with E-state index in [1.54, 1.807) is 0 Å². The van der Waals surface area contributed by atoms with E-state index >= 15 is 0 Å². The molecule has 1 fully saturated rings. The average molecular weight is 266 g/mol. The van der Waals surface area contributed by atoms with Crippen LogP contribution < -0.4 is 16.4 Å². The first-order valence-corrected chi connectivity index (χ1v) is 5.79. The summed E-state index contributed by atoms with van der Waals surface area (Å²) >= 11 is 0. The van der Waals surface area contributed by atoms with Crippen molar-refractivity contribution >= 4 is 23.4 Å². The standard InChI is InChI=1S/C10H14N6O3/c1-5-8(16(18)19)9(15-10(11)13-5)12-4-7(17)14-6-2-3-6/h6H,2-4H2,1H3,(H,14,17)(H3,11,12,13,15). The van der Waals surface area contributed by atoms with Gasteiger partial charge in [0.25, 0.3) is 0 Å². The SMILES string of the molecule is Cc1nc(N)nc(NCC(=O)NC2CC2)c1[N+](=O)[O-]. The van der Waals surface area contributed by atoms with E-state index in [4.69, 9.17) is 5.73 Å². The molecule has 0 unspecified atom stereocenters. The van der Waals surface area contributed by atoms with Crippen molar-refractivity contribution in [2.24, 2.45) is 0 Å². The second-order valence-corrected chi connectivity index (χ2v) is 4.32. The zero-order chi connectivity index (χ0) is 14.0. The van der Waals surface area contributed by atoms with E-state index in [2.05, 4.69) is 20.6 Å². The van der Waals surface area contributed by atoms with Gasteiger partial charge in [0.1, 0.15) is 5.69 Å². The first-order valence-electron chi connectivity index (χ1n) is 5.79. The number of nitrogens with zero attached hydrogens (tertiary/aromatic N) is 3. The summed E-state index contributed by atoms with van der Waals surface area (Å²) in [6.45, 7) is 1.37. The Hall–Kier alpha value is -2.45. The van der Waals surface area contributed by atoms with Crippen LogP contribution in [0.2, 0.25) is 0 Å². The zero-order valence-corrected chi connectivity index (χ0v) is 10.3. The van der Waals surface area contributed by atoms with Crippen molar-refractivity contribution in [3.63, 3.8) is 0 Å². The van der Waals surface area contributed by atoms with Crippen LogP contribution in [0.1, 0.15) is 18.5 Å². The predicted octanol–water partition coefficient (Wildman–Crippen LogP) is -0.0341. The highest BCUT2D eigenvalue weighted by Crippen LogP contribution is 2.25. The van der Waals surface area contributed by atoms with E-state index in [1.165, 1.54) is 6.92 Å². The average Bonchev–Trinajstić information content (AvgIpc) is 3.08. The Morgan fingerprint density at radius 3 is 2.79 bits per heavy atom. The van der Waals surface area contributed by atoms with Crippen molar-refractivity contribution in [1.29, 1.82) is 0 Å². The minimum atomic E-state index is -0.601. The second kappa shape index (κ2) is 5.04. The van der Waals surface area contributed by atoms with Gasteiger partial charge in [-0.1, -0.05) is 0 Å². The van der Waals surface area contributed by atoms with Gasteiger partial charge >= 0.3 is 5.69 Å². The van der Waals surface area contributed by atoms with Crippen LogP contribution in [0.25, 0.3) is 0 Å². The summed E-state index contributed by atoms with van der Waals surface area (Å²) in [5, 5.41) is 16.3. The molecule has 0 spiro atoms. The molecule has 9 heteroatoms. The van der Waals surface area contributed by atoms with Crippen LogP contribution in [0, 0.1) is 17.0 Å². The maximum absolute atomic E-state index is 11.5. The quantitative estimate of drug-likeness (QED) is 0.502. The highest BCUT2D eigenvalue weighted by atomic mass is 16.6. The Balaban J connectivity index is 2.09. The Labute approximate surface area is 108 Å². The lowest BCUT2D eigenvalue weighted by molar-refractivity contribution is -0.385. The highest BCUT2D eigenvalue weighted by Gasteiger charge is 2.25. The first-order chi connectivity index (χ1) is 8.97. The van der Waals surface area contributed by atoms with Crippen molar-refractivity contribution < 1.29 is 9.72 Å². The van der Waals surface area contributed by atoms with Gasteiger partial charge in [0.15, 0.2) is 0 Å². The third-order valence-corrected chi connectivity index (χ3v) is 2.62. The number of anilines is 2. The topological polar surface area (TPSA) is 136 Å². The van der Waals surface area contributed by atoms with Gasteiger partial charge in [-0.2, -0.15) is 4.98 Å². The molecule has 1 aliphatic rings. The number of nitrogens with one attached hydrogen (secondary N) is 2. The van der Waals surface area contributed by atoms with Crippen molar-refractivity contribution in [2.45, 2.75) is 25.8 Å². The minimum absolute atomic E-state index is 0.0408. The summed E-state index contributed by atoms with van der Waals surface area (Å²) in [6.07, 6.45) is 1.96. The molecule has 19 heavy (non-hydrogen) atoms. The molecule has 0 radical (unpaired) electrons. The van der Waals surface area contributed by atoms with Crippen LogP contribution in [-0.4, -0.2) is 33.4 Å². The number of nitro groups is 1. The van der Waals surface area contributed by atoms with Crippen LogP contribution in [0.4, 0.5) is 17.5 Å². The molecule has 1 aromatic heterocycles. The van der Waals surface area contributed by atoms with E-state index in [9.17, 15) is 14.9 Å². The van der Waals surface area contributed by atoms with Gasteiger partial charge in [0.05, 0.1) is 11.5 Å². The molecule has 1 heterocycles. The Bertz CT molecular complexity index is 528. The van der Waals surface area contributed by atoms with Gasteiger partial charge in [-0.05, 0) is 19.8 Å². The molecule has 4 N–H and O–H groups in total. The molecular weight excluding hydrogens is 252 g/mol. The fraction of sp³-hybridized carbons (Fsp3) is 0.500. The smallest absolute Gasteiger partial charge is 0.332 e.